The summed E-state index contributed by atoms with van der Waals surface area (Å²) < 4.78 is 32.2. The lowest BCUT2D eigenvalue weighted by atomic mass is 10.0. The van der Waals surface area contributed by atoms with Gasteiger partial charge in [0.15, 0.2) is 11.7 Å². The second kappa shape index (κ2) is 7.11. The van der Waals surface area contributed by atoms with Crippen LogP contribution in [0.5, 0.6) is 0 Å². The minimum absolute atomic E-state index is 0.0925. The zero-order valence-corrected chi connectivity index (χ0v) is 13.6. The molecule has 1 unspecified atom stereocenters. The molecule has 0 saturated carbocycles. The highest BCUT2D eigenvalue weighted by atomic mass is 19.1. The van der Waals surface area contributed by atoms with Gasteiger partial charge in [-0.2, -0.15) is 0 Å². The summed E-state index contributed by atoms with van der Waals surface area (Å²) in [6.45, 7) is 2.87. The summed E-state index contributed by atoms with van der Waals surface area (Å²) in [7, 11) is 0. The van der Waals surface area contributed by atoms with Crippen LogP contribution in [0.2, 0.25) is 0 Å². The van der Waals surface area contributed by atoms with Crippen molar-refractivity contribution in [1.82, 2.24) is 9.88 Å². The number of halogens is 2. The van der Waals surface area contributed by atoms with Crippen LogP contribution in [0.1, 0.15) is 38.5 Å². The predicted octanol–water partition coefficient (Wildman–Crippen LogP) is 3.95. The van der Waals surface area contributed by atoms with Gasteiger partial charge in [-0.1, -0.05) is 0 Å². The normalized spacial score (nSPS) is 18.0. The van der Waals surface area contributed by atoms with Crippen molar-refractivity contribution in [2.24, 2.45) is 0 Å². The van der Waals surface area contributed by atoms with Gasteiger partial charge < -0.3 is 9.32 Å². The Balaban J connectivity index is 1.63. The van der Waals surface area contributed by atoms with Crippen molar-refractivity contribution in [1.29, 1.82) is 0 Å². The zero-order valence-electron chi connectivity index (χ0n) is 13.6. The standard InChI is InChI=1S/C18H20F2N2O2/c1-12-4-2-3-9-22(12)18(23)8-7-17-21-11-16(24-17)14-6-5-13(19)10-15(14)20/h5-6,10-12H,2-4,7-9H2,1H3. The number of carbonyl (C=O) groups excluding carboxylic acids is 1. The Morgan fingerprint density at radius 1 is 1.38 bits per heavy atom. The van der Waals surface area contributed by atoms with Gasteiger partial charge in [-0.15, -0.1) is 0 Å². The van der Waals surface area contributed by atoms with Crippen LogP contribution in [0.15, 0.2) is 28.8 Å². The molecule has 2 heterocycles. The Kier molecular flexibility index (Phi) is 4.92. The molecular formula is C18H20F2N2O2. The van der Waals surface area contributed by atoms with E-state index in [1.54, 1.807) is 0 Å². The molecule has 1 amide bonds. The first kappa shape index (κ1) is 16.6. The summed E-state index contributed by atoms with van der Waals surface area (Å²) in [5.74, 6) is -0.629. The predicted molar refractivity (Wildman–Crippen MR) is 85.2 cm³/mol. The van der Waals surface area contributed by atoms with Crippen molar-refractivity contribution >= 4 is 5.91 Å². The third-order valence-electron chi connectivity index (χ3n) is 4.43. The van der Waals surface area contributed by atoms with E-state index in [1.165, 1.54) is 18.3 Å². The summed E-state index contributed by atoms with van der Waals surface area (Å²) in [5, 5.41) is 0. The highest BCUT2D eigenvalue weighted by Gasteiger charge is 2.23. The maximum absolute atomic E-state index is 13.8. The molecule has 1 fully saturated rings. The van der Waals surface area contributed by atoms with E-state index in [-0.39, 0.29) is 23.3 Å². The van der Waals surface area contributed by atoms with Gasteiger partial charge in [-0.05, 0) is 38.3 Å². The Hall–Kier alpha value is -2.24. The van der Waals surface area contributed by atoms with E-state index in [1.807, 2.05) is 4.90 Å². The number of aryl methyl sites for hydroxylation is 1. The van der Waals surface area contributed by atoms with Gasteiger partial charge in [0.25, 0.3) is 0 Å². The Labute approximate surface area is 139 Å². The highest BCUT2D eigenvalue weighted by molar-refractivity contribution is 5.76. The molecular weight excluding hydrogens is 314 g/mol. The summed E-state index contributed by atoms with van der Waals surface area (Å²) in [4.78, 5) is 18.3. The number of piperidine rings is 1. The lowest BCUT2D eigenvalue weighted by molar-refractivity contribution is -0.134. The molecule has 1 aliphatic rings. The molecule has 1 atom stereocenters. The van der Waals surface area contributed by atoms with Crippen LogP contribution in [-0.4, -0.2) is 28.4 Å². The maximum atomic E-state index is 13.8. The largest absolute Gasteiger partial charge is 0.441 e. The topological polar surface area (TPSA) is 46.3 Å². The molecule has 24 heavy (non-hydrogen) atoms. The monoisotopic (exact) mass is 334 g/mol. The first-order valence-corrected chi connectivity index (χ1v) is 8.24. The first-order chi connectivity index (χ1) is 11.5. The lowest BCUT2D eigenvalue weighted by Crippen LogP contribution is -2.42. The Morgan fingerprint density at radius 3 is 2.96 bits per heavy atom. The average molecular weight is 334 g/mol. The number of aromatic nitrogens is 1. The summed E-state index contributed by atoms with van der Waals surface area (Å²) >= 11 is 0. The fourth-order valence-electron chi connectivity index (χ4n) is 3.07. The molecule has 128 valence electrons. The maximum Gasteiger partial charge on any atom is 0.223 e. The molecule has 0 spiro atoms. The third kappa shape index (κ3) is 3.63. The molecule has 1 aromatic carbocycles. The fraction of sp³-hybridized carbons (Fsp3) is 0.444. The summed E-state index contributed by atoms with van der Waals surface area (Å²) in [6.07, 6.45) is 5.33. The van der Waals surface area contributed by atoms with Gasteiger partial charge in [0, 0.05) is 31.5 Å². The molecule has 1 aromatic heterocycles. The zero-order chi connectivity index (χ0) is 17.1. The van der Waals surface area contributed by atoms with Gasteiger partial charge in [0.2, 0.25) is 5.91 Å². The van der Waals surface area contributed by atoms with Crippen LogP contribution in [0, 0.1) is 11.6 Å². The number of hydrogen-bond acceptors (Lipinski definition) is 3. The highest BCUT2D eigenvalue weighted by Crippen LogP contribution is 2.25. The van der Waals surface area contributed by atoms with E-state index in [4.69, 9.17) is 4.42 Å². The molecule has 0 bridgehead atoms. The summed E-state index contributed by atoms with van der Waals surface area (Å²) in [6, 6.07) is 3.57. The smallest absolute Gasteiger partial charge is 0.223 e. The molecule has 0 radical (unpaired) electrons. The van der Waals surface area contributed by atoms with Crippen LogP contribution in [0.3, 0.4) is 0 Å². The number of likely N-dealkylation sites (tertiary alicyclic amines) is 1. The van der Waals surface area contributed by atoms with E-state index in [0.717, 1.165) is 31.9 Å². The molecule has 3 rings (SSSR count). The van der Waals surface area contributed by atoms with Gasteiger partial charge >= 0.3 is 0 Å². The van der Waals surface area contributed by atoms with E-state index >= 15 is 0 Å². The molecule has 1 saturated heterocycles. The second-order valence-electron chi connectivity index (χ2n) is 6.17. The Morgan fingerprint density at radius 2 is 2.21 bits per heavy atom. The molecule has 2 aromatic rings. The van der Waals surface area contributed by atoms with Crippen LogP contribution in [0.4, 0.5) is 8.78 Å². The van der Waals surface area contributed by atoms with Crippen molar-refractivity contribution in [2.75, 3.05) is 6.54 Å². The van der Waals surface area contributed by atoms with Crippen molar-refractivity contribution in [3.8, 4) is 11.3 Å². The lowest BCUT2D eigenvalue weighted by Gasteiger charge is -2.33. The van der Waals surface area contributed by atoms with Crippen molar-refractivity contribution in [2.45, 2.75) is 45.1 Å². The number of benzene rings is 1. The fourth-order valence-corrected chi connectivity index (χ4v) is 3.07. The SMILES string of the molecule is CC1CCCCN1C(=O)CCc1ncc(-c2ccc(F)cc2F)o1. The van der Waals surface area contributed by atoms with Gasteiger partial charge in [0.05, 0.1) is 11.8 Å². The average Bonchev–Trinajstić information content (AvgIpc) is 3.01. The van der Waals surface area contributed by atoms with Crippen LogP contribution >= 0.6 is 0 Å². The summed E-state index contributed by atoms with van der Waals surface area (Å²) in [5.41, 5.74) is 0.158. The van der Waals surface area contributed by atoms with E-state index in [9.17, 15) is 13.6 Å². The van der Waals surface area contributed by atoms with Crippen molar-refractivity contribution in [3.05, 3.63) is 41.9 Å². The number of nitrogens with zero attached hydrogens (tertiary/aromatic N) is 2. The number of amides is 1. The first-order valence-electron chi connectivity index (χ1n) is 8.24. The van der Waals surface area contributed by atoms with Crippen LogP contribution in [-0.2, 0) is 11.2 Å². The van der Waals surface area contributed by atoms with E-state index < -0.39 is 11.6 Å². The third-order valence-corrected chi connectivity index (χ3v) is 4.43. The number of rotatable bonds is 4. The van der Waals surface area contributed by atoms with Crippen molar-refractivity contribution in [3.63, 3.8) is 0 Å². The number of oxazole rings is 1. The van der Waals surface area contributed by atoms with E-state index in [2.05, 4.69) is 11.9 Å². The van der Waals surface area contributed by atoms with Gasteiger partial charge in [-0.25, -0.2) is 13.8 Å². The van der Waals surface area contributed by atoms with E-state index in [0.29, 0.717) is 18.7 Å². The minimum Gasteiger partial charge on any atom is -0.441 e. The van der Waals surface area contributed by atoms with Crippen LogP contribution in [0.25, 0.3) is 11.3 Å². The molecule has 0 N–H and O–H groups in total. The van der Waals surface area contributed by atoms with Gasteiger partial charge in [0.1, 0.15) is 11.6 Å². The van der Waals surface area contributed by atoms with Crippen molar-refractivity contribution < 1.29 is 18.0 Å². The van der Waals surface area contributed by atoms with Crippen LogP contribution < -0.4 is 0 Å². The minimum atomic E-state index is -0.698. The molecule has 0 aliphatic carbocycles. The Bertz CT molecular complexity index is 730. The number of hydrogen-bond donors (Lipinski definition) is 0. The molecule has 4 nitrogen and oxygen atoms in total. The molecule has 6 heteroatoms. The molecule has 1 aliphatic heterocycles. The van der Waals surface area contributed by atoms with Gasteiger partial charge in [-0.3, -0.25) is 4.79 Å². The quantitative estimate of drug-likeness (QED) is 0.850. The second-order valence-corrected chi connectivity index (χ2v) is 6.17. The number of carbonyl (C=O) groups is 1.